The minimum atomic E-state index is 0.571. The second-order valence-corrected chi connectivity index (χ2v) is 5.65. The molecule has 7 heteroatoms. The standard InChI is InChI=1S/C14H15N5OS/c1-9-4-6-12(7-5-9)19-10(2)15-18-14(19)21-8-13-17-16-11(3)20-13/h4-7H,8H2,1-3H3. The van der Waals surface area contributed by atoms with E-state index in [-0.39, 0.29) is 0 Å². The fourth-order valence-corrected chi connectivity index (χ4v) is 2.78. The molecule has 2 aromatic heterocycles. The van der Waals surface area contributed by atoms with E-state index in [9.17, 15) is 0 Å². The van der Waals surface area contributed by atoms with Gasteiger partial charge in [-0.05, 0) is 26.0 Å². The predicted octanol–water partition coefficient (Wildman–Crippen LogP) is 2.87. The molecule has 108 valence electrons. The van der Waals surface area contributed by atoms with E-state index in [1.165, 1.54) is 17.3 Å². The average molecular weight is 301 g/mol. The molecule has 0 bridgehead atoms. The van der Waals surface area contributed by atoms with Gasteiger partial charge in [0.05, 0.1) is 5.75 Å². The molecular formula is C14H15N5OS. The van der Waals surface area contributed by atoms with Crippen molar-refractivity contribution in [2.45, 2.75) is 31.7 Å². The second-order valence-electron chi connectivity index (χ2n) is 4.70. The molecule has 0 N–H and O–H groups in total. The van der Waals surface area contributed by atoms with Gasteiger partial charge in [-0.1, -0.05) is 29.5 Å². The summed E-state index contributed by atoms with van der Waals surface area (Å²) < 4.78 is 7.39. The second kappa shape index (κ2) is 5.69. The van der Waals surface area contributed by atoms with Gasteiger partial charge in [-0.15, -0.1) is 20.4 Å². The van der Waals surface area contributed by atoms with Crippen molar-refractivity contribution in [3.8, 4) is 5.69 Å². The van der Waals surface area contributed by atoms with Gasteiger partial charge in [-0.2, -0.15) is 0 Å². The highest BCUT2D eigenvalue weighted by Crippen LogP contribution is 2.24. The van der Waals surface area contributed by atoms with E-state index < -0.39 is 0 Å². The summed E-state index contributed by atoms with van der Waals surface area (Å²) in [5.41, 5.74) is 2.27. The van der Waals surface area contributed by atoms with Crippen molar-refractivity contribution in [1.29, 1.82) is 0 Å². The minimum absolute atomic E-state index is 0.571. The molecule has 21 heavy (non-hydrogen) atoms. The van der Waals surface area contributed by atoms with E-state index >= 15 is 0 Å². The molecule has 0 aliphatic carbocycles. The molecule has 1 aromatic carbocycles. The molecule has 6 nitrogen and oxygen atoms in total. The first-order valence-electron chi connectivity index (χ1n) is 6.54. The number of benzene rings is 1. The molecule has 3 rings (SSSR count). The number of thioether (sulfide) groups is 1. The Bertz CT molecular complexity index is 747. The Labute approximate surface area is 126 Å². The fourth-order valence-electron chi connectivity index (χ4n) is 1.95. The van der Waals surface area contributed by atoms with Crippen molar-refractivity contribution in [3.05, 3.63) is 47.4 Å². The lowest BCUT2D eigenvalue weighted by Gasteiger charge is -2.07. The SMILES string of the molecule is Cc1ccc(-n2c(C)nnc2SCc2nnc(C)o2)cc1. The number of aromatic nitrogens is 5. The Kier molecular flexibility index (Phi) is 3.74. The number of rotatable bonds is 4. The maximum absolute atomic E-state index is 5.37. The smallest absolute Gasteiger partial charge is 0.226 e. The van der Waals surface area contributed by atoms with Crippen LogP contribution >= 0.6 is 11.8 Å². The summed E-state index contributed by atoms with van der Waals surface area (Å²) in [6, 6.07) is 8.27. The molecule has 0 aliphatic heterocycles. The molecule has 0 aliphatic rings. The molecule has 0 atom stereocenters. The Hall–Kier alpha value is -2.15. The lowest BCUT2D eigenvalue weighted by molar-refractivity contribution is 0.485. The summed E-state index contributed by atoms with van der Waals surface area (Å²) in [5.74, 6) is 2.59. The fraction of sp³-hybridized carbons (Fsp3) is 0.286. The van der Waals surface area contributed by atoms with Gasteiger partial charge in [0.15, 0.2) is 5.16 Å². The van der Waals surface area contributed by atoms with Gasteiger partial charge in [-0.25, -0.2) is 0 Å². The Morgan fingerprint density at radius 1 is 1.00 bits per heavy atom. The van der Waals surface area contributed by atoms with Crippen molar-refractivity contribution >= 4 is 11.8 Å². The molecule has 0 radical (unpaired) electrons. The van der Waals surface area contributed by atoms with Crippen LogP contribution in [0.4, 0.5) is 0 Å². The normalized spacial score (nSPS) is 11.0. The van der Waals surface area contributed by atoms with E-state index in [1.54, 1.807) is 6.92 Å². The summed E-state index contributed by atoms with van der Waals surface area (Å²) in [7, 11) is 0. The highest BCUT2D eigenvalue weighted by Gasteiger charge is 2.13. The minimum Gasteiger partial charge on any atom is -0.425 e. The van der Waals surface area contributed by atoms with Gasteiger partial charge in [0.2, 0.25) is 11.8 Å². The summed E-state index contributed by atoms with van der Waals surface area (Å²) in [5, 5.41) is 17.0. The zero-order valence-corrected chi connectivity index (χ0v) is 12.9. The van der Waals surface area contributed by atoms with E-state index in [2.05, 4.69) is 51.6 Å². The van der Waals surface area contributed by atoms with Gasteiger partial charge >= 0.3 is 0 Å². The quantitative estimate of drug-likeness (QED) is 0.690. The summed E-state index contributed by atoms with van der Waals surface area (Å²) >= 11 is 1.53. The number of hydrogen-bond acceptors (Lipinski definition) is 6. The van der Waals surface area contributed by atoms with Crippen LogP contribution in [0.2, 0.25) is 0 Å². The highest BCUT2D eigenvalue weighted by molar-refractivity contribution is 7.98. The zero-order valence-electron chi connectivity index (χ0n) is 12.1. The zero-order chi connectivity index (χ0) is 14.8. The van der Waals surface area contributed by atoms with Gasteiger partial charge in [0.1, 0.15) is 5.82 Å². The maximum Gasteiger partial charge on any atom is 0.226 e. The lowest BCUT2D eigenvalue weighted by atomic mass is 10.2. The molecule has 3 aromatic rings. The third kappa shape index (κ3) is 2.97. The van der Waals surface area contributed by atoms with Crippen LogP contribution < -0.4 is 0 Å². The van der Waals surface area contributed by atoms with Crippen molar-refractivity contribution < 1.29 is 4.42 Å². The summed E-state index contributed by atoms with van der Waals surface area (Å²) in [6.45, 7) is 5.78. The van der Waals surface area contributed by atoms with Crippen LogP contribution in [0, 0.1) is 20.8 Å². The van der Waals surface area contributed by atoms with Crippen LogP contribution in [-0.2, 0) is 5.75 Å². The number of aryl methyl sites for hydroxylation is 3. The molecule has 0 fully saturated rings. The molecule has 0 unspecified atom stereocenters. The van der Waals surface area contributed by atoms with E-state index in [4.69, 9.17) is 4.42 Å². The van der Waals surface area contributed by atoms with Crippen molar-refractivity contribution in [3.63, 3.8) is 0 Å². The van der Waals surface area contributed by atoms with Crippen LogP contribution in [0.25, 0.3) is 5.69 Å². The third-order valence-electron chi connectivity index (χ3n) is 2.98. The first-order chi connectivity index (χ1) is 10.1. The van der Waals surface area contributed by atoms with Gasteiger partial charge in [-0.3, -0.25) is 4.57 Å². The topological polar surface area (TPSA) is 69.6 Å². The first-order valence-corrected chi connectivity index (χ1v) is 7.53. The van der Waals surface area contributed by atoms with Crippen LogP contribution in [0.1, 0.15) is 23.2 Å². The number of nitrogens with zero attached hydrogens (tertiary/aromatic N) is 5. The van der Waals surface area contributed by atoms with Crippen LogP contribution in [0.15, 0.2) is 33.8 Å². The molecular weight excluding hydrogens is 286 g/mol. The molecule has 0 spiro atoms. The Balaban J connectivity index is 1.84. The number of hydrogen-bond donors (Lipinski definition) is 0. The van der Waals surface area contributed by atoms with Crippen LogP contribution in [0.5, 0.6) is 0 Å². The monoisotopic (exact) mass is 301 g/mol. The lowest BCUT2D eigenvalue weighted by Crippen LogP contribution is -1.99. The van der Waals surface area contributed by atoms with Gasteiger partial charge in [0, 0.05) is 12.6 Å². The van der Waals surface area contributed by atoms with Gasteiger partial charge < -0.3 is 4.42 Å². The van der Waals surface area contributed by atoms with E-state index in [0.29, 0.717) is 17.5 Å². The van der Waals surface area contributed by atoms with Crippen molar-refractivity contribution in [2.75, 3.05) is 0 Å². The van der Waals surface area contributed by atoms with Crippen LogP contribution in [-0.4, -0.2) is 25.0 Å². The Morgan fingerprint density at radius 2 is 1.76 bits per heavy atom. The first kappa shape index (κ1) is 13.8. The third-order valence-corrected chi connectivity index (χ3v) is 3.89. The largest absolute Gasteiger partial charge is 0.425 e. The predicted molar refractivity (Wildman–Crippen MR) is 79.4 cm³/mol. The highest BCUT2D eigenvalue weighted by atomic mass is 32.2. The van der Waals surface area contributed by atoms with E-state index in [0.717, 1.165) is 16.7 Å². The van der Waals surface area contributed by atoms with Gasteiger partial charge in [0.25, 0.3) is 0 Å². The Morgan fingerprint density at radius 3 is 2.43 bits per heavy atom. The maximum atomic E-state index is 5.37. The van der Waals surface area contributed by atoms with Crippen molar-refractivity contribution in [1.82, 2.24) is 25.0 Å². The van der Waals surface area contributed by atoms with E-state index in [1.807, 2.05) is 11.5 Å². The summed E-state index contributed by atoms with van der Waals surface area (Å²) in [6.07, 6.45) is 0. The molecule has 0 saturated carbocycles. The molecule has 0 amide bonds. The molecule has 0 saturated heterocycles. The van der Waals surface area contributed by atoms with Crippen molar-refractivity contribution in [2.24, 2.45) is 0 Å². The summed E-state index contributed by atoms with van der Waals surface area (Å²) in [4.78, 5) is 0. The average Bonchev–Trinajstić information content (AvgIpc) is 3.04. The van der Waals surface area contributed by atoms with Crippen LogP contribution in [0.3, 0.4) is 0 Å². The molecule has 2 heterocycles.